The largest absolute Gasteiger partial charge is 0.497 e. The molecule has 0 spiro atoms. The summed E-state index contributed by atoms with van der Waals surface area (Å²) in [7, 11) is 1.64. The monoisotopic (exact) mass is 250 g/mol. The average Bonchev–Trinajstić information content (AvgIpc) is 2.87. The van der Waals surface area contributed by atoms with Gasteiger partial charge in [-0.3, -0.25) is 0 Å². The van der Waals surface area contributed by atoms with Crippen molar-refractivity contribution >= 4 is 11.4 Å². The van der Waals surface area contributed by atoms with Crippen LogP contribution in [0.15, 0.2) is 18.2 Å². The highest BCUT2D eigenvalue weighted by Gasteiger charge is 2.14. The van der Waals surface area contributed by atoms with Gasteiger partial charge >= 0.3 is 0 Å². The molecule has 0 atom stereocenters. The first kappa shape index (κ1) is 13.0. The molecule has 0 amide bonds. The lowest BCUT2D eigenvalue weighted by molar-refractivity contribution is 0.0659. The van der Waals surface area contributed by atoms with Crippen LogP contribution < -0.4 is 15.8 Å². The quantitative estimate of drug-likeness (QED) is 0.602. The minimum Gasteiger partial charge on any atom is -0.497 e. The summed E-state index contributed by atoms with van der Waals surface area (Å²) in [5.74, 6) is 0.772. The molecule has 4 nitrogen and oxygen atoms in total. The first-order chi connectivity index (χ1) is 8.78. The lowest BCUT2D eigenvalue weighted by Gasteiger charge is -2.13. The van der Waals surface area contributed by atoms with E-state index in [0.29, 0.717) is 11.8 Å². The van der Waals surface area contributed by atoms with Gasteiger partial charge in [0.1, 0.15) is 5.75 Å². The van der Waals surface area contributed by atoms with Crippen LogP contribution in [-0.4, -0.2) is 26.4 Å². The minimum atomic E-state index is 0.474. The number of rotatable bonds is 6. The second-order valence-corrected chi connectivity index (χ2v) is 4.70. The standard InChI is InChI=1S/C14H22N2O2/c1-17-14-9-11(15)8-12(10-14)16-6-7-18-13-4-2-3-5-13/h8-10,13,16H,2-7,15H2,1H3. The van der Waals surface area contributed by atoms with Crippen molar-refractivity contribution < 1.29 is 9.47 Å². The normalized spacial score (nSPS) is 15.8. The van der Waals surface area contributed by atoms with Gasteiger partial charge in [0.05, 0.1) is 19.8 Å². The van der Waals surface area contributed by atoms with Crippen molar-refractivity contribution in [3.63, 3.8) is 0 Å². The number of methoxy groups -OCH3 is 1. The molecule has 1 aliphatic carbocycles. The van der Waals surface area contributed by atoms with E-state index in [-0.39, 0.29) is 0 Å². The van der Waals surface area contributed by atoms with Crippen molar-refractivity contribution in [2.75, 3.05) is 31.3 Å². The van der Waals surface area contributed by atoms with Crippen molar-refractivity contribution in [2.45, 2.75) is 31.8 Å². The first-order valence-electron chi connectivity index (χ1n) is 6.58. The van der Waals surface area contributed by atoms with E-state index < -0.39 is 0 Å². The van der Waals surface area contributed by atoms with Crippen LogP contribution in [0.2, 0.25) is 0 Å². The zero-order valence-corrected chi connectivity index (χ0v) is 10.9. The maximum atomic E-state index is 5.79. The number of anilines is 2. The predicted octanol–water partition coefficient (Wildman–Crippen LogP) is 2.65. The van der Waals surface area contributed by atoms with Gasteiger partial charge in [-0.25, -0.2) is 0 Å². The maximum Gasteiger partial charge on any atom is 0.122 e. The third kappa shape index (κ3) is 3.81. The number of benzene rings is 1. The summed E-state index contributed by atoms with van der Waals surface area (Å²) in [6, 6.07) is 5.64. The highest BCUT2D eigenvalue weighted by Crippen LogP contribution is 2.22. The maximum absolute atomic E-state index is 5.79. The van der Waals surface area contributed by atoms with E-state index >= 15 is 0 Å². The lowest BCUT2D eigenvalue weighted by atomic mass is 10.2. The summed E-state index contributed by atoms with van der Waals surface area (Å²) in [4.78, 5) is 0. The van der Waals surface area contributed by atoms with E-state index in [4.69, 9.17) is 15.2 Å². The van der Waals surface area contributed by atoms with Gasteiger partial charge in [0, 0.05) is 30.1 Å². The molecule has 18 heavy (non-hydrogen) atoms. The van der Waals surface area contributed by atoms with Crippen LogP contribution in [0.25, 0.3) is 0 Å². The van der Waals surface area contributed by atoms with Crippen molar-refractivity contribution in [1.29, 1.82) is 0 Å². The van der Waals surface area contributed by atoms with Crippen molar-refractivity contribution in [2.24, 2.45) is 0 Å². The Hall–Kier alpha value is -1.42. The summed E-state index contributed by atoms with van der Waals surface area (Å²) >= 11 is 0. The van der Waals surface area contributed by atoms with Crippen LogP contribution in [0.5, 0.6) is 5.75 Å². The van der Waals surface area contributed by atoms with Crippen molar-refractivity contribution in [3.05, 3.63) is 18.2 Å². The number of hydrogen-bond donors (Lipinski definition) is 2. The minimum absolute atomic E-state index is 0.474. The molecule has 4 heteroatoms. The van der Waals surface area contributed by atoms with Gasteiger partial charge in [0.25, 0.3) is 0 Å². The van der Waals surface area contributed by atoms with Gasteiger partial charge in [-0.05, 0) is 18.9 Å². The molecular formula is C14H22N2O2. The number of nitrogens with one attached hydrogen (secondary N) is 1. The zero-order chi connectivity index (χ0) is 12.8. The van der Waals surface area contributed by atoms with E-state index in [1.807, 2.05) is 12.1 Å². The Labute approximate surface area is 108 Å². The molecule has 0 aromatic heterocycles. The van der Waals surface area contributed by atoms with Crippen LogP contribution in [0, 0.1) is 0 Å². The Morgan fingerprint density at radius 3 is 2.78 bits per heavy atom. The summed E-state index contributed by atoms with van der Waals surface area (Å²) < 4.78 is 11.0. The molecule has 2 rings (SSSR count). The molecule has 0 bridgehead atoms. The van der Waals surface area contributed by atoms with Crippen LogP contribution in [0.3, 0.4) is 0 Å². The van der Waals surface area contributed by atoms with Crippen molar-refractivity contribution in [1.82, 2.24) is 0 Å². The van der Waals surface area contributed by atoms with Crippen LogP contribution in [0.1, 0.15) is 25.7 Å². The second-order valence-electron chi connectivity index (χ2n) is 4.70. The summed E-state index contributed by atoms with van der Waals surface area (Å²) in [5, 5.41) is 3.30. The molecule has 0 radical (unpaired) electrons. The molecule has 0 saturated heterocycles. The van der Waals surface area contributed by atoms with Gasteiger partial charge in [-0.15, -0.1) is 0 Å². The first-order valence-corrected chi connectivity index (χ1v) is 6.58. The molecular weight excluding hydrogens is 228 g/mol. The smallest absolute Gasteiger partial charge is 0.122 e. The Bertz CT molecular complexity index is 376. The van der Waals surface area contributed by atoms with Crippen molar-refractivity contribution in [3.8, 4) is 5.75 Å². The van der Waals surface area contributed by atoms with E-state index in [1.165, 1.54) is 25.7 Å². The van der Waals surface area contributed by atoms with E-state index in [2.05, 4.69) is 5.32 Å². The molecule has 100 valence electrons. The molecule has 0 aliphatic heterocycles. The van der Waals surface area contributed by atoms with Crippen LogP contribution in [0.4, 0.5) is 11.4 Å². The molecule has 0 heterocycles. The number of hydrogen-bond acceptors (Lipinski definition) is 4. The third-order valence-electron chi connectivity index (χ3n) is 3.25. The van der Waals surface area contributed by atoms with Gasteiger partial charge in [0.15, 0.2) is 0 Å². The zero-order valence-electron chi connectivity index (χ0n) is 10.9. The fourth-order valence-corrected chi connectivity index (χ4v) is 2.32. The molecule has 1 aromatic carbocycles. The van der Waals surface area contributed by atoms with Gasteiger partial charge in [0.2, 0.25) is 0 Å². The SMILES string of the molecule is COc1cc(N)cc(NCCOC2CCCC2)c1. The van der Waals surface area contributed by atoms with E-state index in [9.17, 15) is 0 Å². The van der Waals surface area contributed by atoms with Crippen LogP contribution in [-0.2, 0) is 4.74 Å². The number of nitrogen functional groups attached to an aromatic ring is 1. The third-order valence-corrected chi connectivity index (χ3v) is 3.25. The molecule has 1 saturated carbocycles. The van der Waals surface area contributed by atoms with Gasteiger partial charge in [-0.2, -0.15) is 0 Å². The van der Waals surface area contributed by atoms with E-state index in [0.717, 1.165) is 24.6 Å². The Balaban J connectivity index is 1.73. The Kier molecular flexibility index (Phi) is 4.70. The molecule has 1 aromatic rings. The Morgan fingerprint density at radius 1 is 1.28 bits per heavy atom. The summed E-state index contributed by atoms with van der Waals surface area (Å²) in [6.07, 6.45) is 5.52. The number of nitrogens with two attached hydrogens (primary N) is 1. The van der Waals surface area contributed by atoms with E-state index in [1.54, 1.807) is 13.2 Å². The lowest BCUT2D eigenvalue weighted by Crippen LogP contribution is -2.15. The molecule has 0 unspecified atom stereocenters. The highest BCUT2D eigenvalue weighted by molar-refractivity contribution is 5.59. The summed E-state index contributed by atoms with van der Waals surface area (Å²) in [5.41, 5.74) is 7.46. The summed E-state index contributed by atoms with van der Waals surface area (Å²) in [6.45, 7) is 1.53. The average molecular weight is 250 g/mol. The predicted molar refractivity (Wildman–Crippen MR) is 74.1 cm³/mol. The highest BCUT2D eigenvalue weighted by atomic mass is 16.5. The molecule has 1 fully saturated rings. The Morgan fingerprint density at radius 2 is 2.06 bits per heavy atom. The molecule has 3 N–H and O–H groups in total. The molecule has 1 aliphatic rings. The fraction of sp³-hybridized carbons (Fsp3) is 0.571. The second kappa shape index (κ2) is 6.50. The number of ether oxygens (including phenoxy) is 2. The van der Waals surface area contributed by atoms with Crippen LogP contribution >= 0.6 is 0 Å². The fourth-order valence-electron chi connectivity index (χ4n) is 2.32. The topological polar surface area (TPSA) is 56.5 Å². The van der Waals surface area contributed by atoms with Gasteiger partial charge in [-0.1, -0.05) is 12.8 Å². The van der Waals surface area contributed by atoms with Gasteiger partial charge < -0.3 is 20.5 Å².